The number of nitrogens with zero attached hydrogens (tertiary/aromatic N) is 1. The first-order valence-corrected chi connectivity index (χ1v) is 9.99. The van der Waals surface area contributed by atoms with Crippen molar-refractivity contribution in [3.05, 3.63) is 40.7 Å². The summed E-state index contributed by atoms with van der Waals surface area (Å²) >= 11 is 6.32. The molecule has 1 unspecified atom stereocenters. The van der Waals surface area contributed by atoms with Gasteiger partial charge in [0.05, 0.1) is 22.7 Å². The average Bonchev–Trinajstić information content (AvgIpc) is 2.98. The van der Waals surface area contributed by atoms with Gasteiger partial charge in [-0.3, -0.25) is 4.79 Å². The molecule has 0 bridgehead atoms. The van der Waals surface area contributed by atoms with Crippen molar-refractivity contribution >= 4 is 28.6 Å². The first-order valence-electron chi connectivity index (χ1n) is 9.61. The van der Waals surface area contributed by atoms with Crippen LogP contribution in [-0.2, 0) is 11.2 Å². The van der Waals surface area contributed by atoms with Crippen LogP contribution in [0.3, 0.4) is 0 Å². The molecular weight excluding hydrogens is 402 g/mol. The highest BCUT2D eigenvalue weighted by atomic mass is 35.5. The molecule has 0 radical (unpaired) electrons. The molecule has 0 aliphatic heterocycles. The number of methoxy groups -OCH3 is 1. The maximum Gasteiger partial charge on any atom is 0.250 e. The van der Waals surface area contributed by atoms with Gasteiger partial charge < -0.3 is 19.7 Å². The molecule has 1 aliphatic rings. The molecule has 29 heavy (non-hydrogen) atoms. The minimum Gasteiger partial charge on any atom is -0.389 e. The van der Waals surface area contributed by atoms with Crippen LogP contribution in [-0.4, -0.2) is 46.2 Å². The van der Waals surface area contributed by atoms with Crippen molar-refractivity contribution in [3.63, 3.8) is 0 Å². The Hall–Kier alpha value is -1.83. The van der Waals surface area contributed by atoms with Crippen molar-refractivity contribution in [3.8, 4) is 0 Å². The summed E-state index contributed by atoms with van der Waals surface area (Å²) < 4.78 is 34.3. The van der Waals surface area contributed by atoms with E-state index in [1.54, 1.807) is 31.5 Å². The lowest BCUT2D eigenvalue weighted by Gasteiger charge is -2.36. The molecule has 1 aliphatic carbocycles. The summed E-state index contributed by atoms with van der Waals surface area (Å²) in [6, 6.07) is 5.20. The number of hydrogen-bond donors (Lipinski definition) is 2. The minimum atomic E-state index is -2.93. The van der Waals surface area contributed by atoms with Crippen molar-refractivity contribution in [2.75, 3.05) is 13.7 Å². The predicted octanol–water partition coefficient (Wildman–Crippen LogP) is 4.70. The fourth-order valence-electron chi connectivity index (χ4n) is 4.13. The first-order chi connectivity index (χ1) is 13.6. The van der Waals surface area contributed by atoms with Gasteiger partial charge in [-0.15, -0.1) is 0 Å². The molecule has 0 spiro atoms. The maximum atomic E-state index is 13.7. The van der Waals surface area contributed by atoms with Gasteiger partial charge in [0.2, 0.25) is 0 Å². The predicted molar refractivity (Wildman–Crippen MR) is 108 cm³/mol. The Balaban J connectivity index is 1.78. The van der Waals surface area contributed by atoms with Crippen LogP contribution in [0.1, 0.15) is 54.6 Å². The highest BCUT2D eigenvalue weighted by Crippen LogP contribution is 2.41. The number of fused-ring (bicyclic) bond motifs is 1. The van der Waals surface area contributed by atoms with Gasteiger partial charge in [-0.1, -0.05) is 11.6 Å². The molecule has 1 saturated carbocycles. The molecule has 2 aromatic heterocycles. The van der Waals surface area contributed by atoms with Crippen LogP contribution in [0, 0.1) is 5.41 Å². The number of ketones is 1. The van der Waals surface area contributed by atoms with Gasteiger partial charge in [0.1, 0.15) is 0 Å². The van der Waals surface area contributed by atoms with Crippen molar-refractivity contribution in [1.29, 1.82) is 5.41 Å². The molecule has 0 saturated heterocycles. The number of nitrogens with one attached hydrogen (secondary N) is 1. The zero-order valence-corrected chi connectivity index (χ0v) is 17.1. The van der Waals surface area contributed by atoms with Crippen LogP contribution in [0.25, 0.3) is 5.52 Å². The summed E-state index contributed by atoms with van der Waals surface area (Å²) in [4.78, 5) is 12.9. The van der Waals surface area contributed by atoms with Gasteiger partial charge in [0.25, 0.3) is 5.92 Å². The summed E-state index contributed by atoms with van der Waals surface area (Å²) in [6.07, 6.45) is 1.40. The second-order valence-corrected chi connectivity index (χ2v) is 8.26. The van der Waals surface area contributed by atoms with Crippen LogP contribution in [0.5, 0.6) is 0 Å². The van der Waals surface area contributed by atoms with Gasteiger partial charge in [0.15, 0.2) is 5.78 Å². The second kappa shape index (κ2) is 8.50. The van der Waals surface area contributed by atoms with E-state index in [0.717, 1.165) is 5.69 Å². The lowest BCUT2D eigenvalue weighted by Crippen LogP contribution is -2.42. The van der Waals surface area contributed by atoms with E-state index < -0.39 is 17.9 Å². The number of aromatic nitrogens is 1. The van der Waals surface area contributed by atoms with Crippen molar-refractivity contribution < 1.29 is 23.4 Å². The summed E-state index contributed by atoms with van der Waals surface area (Å²) in [5.74, 6) is -3.25. The monoisotopic (exact) mass is 426 g/mol. The lowest BCUT2D eigenvalue weighted by atomic mass is 9.78. The summed E-state index contributed by atoms with van der Waals surface area (Å²) in [5.41, 5.74) is 0.0988. The molecule has 3 rings (SSSR count). The second-order valence-electron chi connectivity index (χ2n) is 7.86. The van der Waals surface area contributed by atoms with Gasteiger partial charge in [-0.25, -0.2) is 8.78 Å². The molecule has 8 heteroatoms. The summed E-state index contributed by atoms with van der Waals surface area (Å²) in [7, 11) is 1.59. The number of aliphatic hydroxyl groups is 1. The van der Waals surface area contributed by atoms with Crippen LogP contribution < -0.4 is 0 Å². The van der Waals surface area contributed by atoms with Crippen LogP contribution in [0.4, 0.5) is 8.78 Å². The Morgan fingerprint density at radius 2 is 2.17 bits per heavy atom. The van der Waals surface area contributed by atoms with Crippen LogP contribution >= 0.6 is 11.6 Å². The number of pyridine rings is 1. The topological polar surface area (TPSA) is 74.8 Å². The van der Waals surface area contributed by atoms with E-state index in [9.17, 15) is 18.7 Å². The molecule has 1 fully saturated rings. The van der Waals surface area contributed by atoms with E-state index >= 15 is 0 Å². The first kappa shape index (κ1) is 21.9. The van der Waals surface area contributed by atoms with Gasteiger partial charge in [-0.2, -0.15) is 0 Å². The van der Waals surface area contributed by atoms with Crippen LogP contribution in [0.15, 0.2) is 24.4 Å². The smallest absolute Gasteiger partial charge is 0.250 e. The molecule has 0 amide bonds. The Bertz CT molecular complexity index is 928. The normalized spacial score (nSPS) is 21.4. The molecule has 5 nitrogen and oxygen atoms in total. The summed E-state index contributed by atoms with van der Waals surface area (Å²) in [5, 5.41) is 19.1. The Morgan fingerprint density at radius 3 is 2.86 bits per heavy atom. The van der Waals surface area contributed by atoms with Crippen molar-refractivity contribution in [1.82, 2.24) is 4.40 Å². The number of rotatable bonds is 8. The largest absolute Gasteiger partial charge is 0.389 e. The van der Waals surface area contributed by atoms with Gasteiger partial charge in [0, 0.05) is 62.4 Å². The maximum absolute atomic E-state index is 13.7. The molecule has 2 aromatic rings. The number of carbonyl (C=O) groups is 1. The third kappa shape index (κ3) is 5.02. The number of alkyl halides is 2. The van der Waals surface area contributed by atoms with Crippen molar-refractivity contribution in [2.24, 2.45) is 0 Å². The summed E-state index contributed by atoms with van der Waals surface area (Å²) in [6.45, 7) is 0.476. The van der Waals surface area contributed by atoms with E-state index in [-0.39, 0.29) is 43.6 Å². The number of carbonyl (C=O) groups excluding carboxylic acids is 1. The highest BCUT2D eigenvalue weighted by molar-refractivity contribution is 6.35. The molecule has 2 heterocycles. The van der Waals surface area contributed by atoms with E-state index in [4.69, 9.17) is 21.7 Å². The Morgan fingerprint density at radius 1 is 1.41 bits per heavy atom. The van der Waals surface area contributed by atoms with E-state index in [1.165, 1.54) is 0 Å². The fourth-order valence-corrected chi connectivity index (χ4v) is 4.40. The highest BCUT2D eigenvalue weighted by Gasteiger charge is 2.45. The molecular formula is C21H25ClF2N2O3. The van der Waals surface area contributed by atoms with Gasteiger partial charge in [-0.05, 0) is 31.0 Å². The van der Waals surface area contributed by atoms with Gasteiger partial charge >= 0.3 is 0 Å². The number of Topliss-reactive ketones (excluding diaryl/α,β-unsaturated/α-hetero) is 1. The van der Waals surface area contributed by atoms with E-state index in [0.29, 0.717) is 29.1 Å². The third-order valence-electron chi connectivity index (χ3n) is 5.37. The Labute approximate surface area is 173 Å². The van der Waals surface area contributed by atoms with E-state index in [2.05, 4.69) is 0 Å². The molecule has 158 valence electrons. The standard InChI is InChI=1S/C21H25ClF2N2O3/c1-29-9-5-15-11-16(19-17(22)4-2-8-26(15)19)18(27)10-14(25)12-20(28)6-3-7-21(23,24)13-20/h2,4,8,11,25,28H,3,5-7,9-10,12-13H2,1H3. The minimum absolute atomic E-state index is 0.0555. The SMILES string of the molecule is COCCc1cc(C(=O)CC(=N)CC2(O)CCCC(F)(F)C2)c2c(Cl)cccn12. The lowest BCUT2D eigenvalue weighted by molar-refractivity contribution is -0.121. The zero-order valence-electron chi connectivity index (χ0n) is 16.3. The average molecular weight is 427 g/mol. The number of ether oxygens (including phenoxy) is 1. The molecule has 1 atom stereocenters. The van der Waals surface area contributed by atoms with Crippen LogP contribution in [0.2, 0.25) is 5.02 Å². The molecule has 0 aromatic carbocycles. The fraction of sp³-hybridized carbons (Fsp3) is 0.524. The Kier molecular flexibility index (Phi) is 6.41. The number of hydrogen-bond acceptors (Lipinski definition) is 4. The van der Waals surface area contributed by atoms with Crippen molar-refractivity contribution in [2.45, 2.75) is 56.5 Å². The molecule has 2 N–H and O–H groups in total. The zero-order chi connectivity index (χ0) is 21.2. The van der Waals surface area contributed by atoms with E-state index in [1.807, 2.05) is 4.40 Å². The number of halogens is 3. The quantitative estimate of drug-likeness (QED) is 0.474. The third-order valence-corrected chi connectivity index (χ3v) is 5.68.